The van der Waals surface area contributed by atoms with Crippen molar-refractivity contribution in [1.29, 1.82) is 0 Å². The number of hydrogen-bond donors (Lipinski definition) is 2. The van der Waals surface area contributed by atoms with Crippen LogP contribution in [0.1, 0.15) is 10.4 Å². The molecule has 0 radical (unpaired) electrons. The number of hydrogen-bond acceptors (Lipinski definition) is 3. The second-order valence-corrected chi connectivity index (χ2v) is 1.80. The van der Waals surface area contributed by atoms with Crippen LogP contribution in [0.15, 0.2) is 12.3 Å². The van der Waals surface area contributed by atoms with Crippen LogP contribution in [0.3, 0.4) is 0 Å². The Morgan fingerprint density at radius 3 is 2.73 bits per heavy atom. The van der Waals surface area contributed by atoms with Gasteiger partial charge in [0.2, 0.25) is 0 Å². The molecule has 0 aromatic carbocycles. The van der Waals surface area contributed by atoms with Crippen LogP contribution in [0.2, 0.25) is 0 Å². The van der Waals surface area contributed by atoms with Crippen LogP contribution in [0.25, 0.3) is 0 Å². The van der Waals surface area contributed by atoms with Gasteiger partial charge in [-0.2, -0.15) is 4.39 Å². The zero-order chi connectivity index (χ0) is 8.43. The molecule has 1 rings (SSSR count). The Kier molecular flexibility index (Phi) is 1.72. The molecule has 1 aromatic rings. The summed E-state index contributed by atoms with van der Waals surface area (Å²) in [4.78, 5) is 13.3. The molecular formula is C6H4FNO3. The molecular weight excluding hydrogens is 153 g/mol. The molecule has 0 aliphatic rings. The number of aromatic nitrogens is 1. The van der Waals surface area contributed by atoms with Crippen LogP contribution in [-0.4, -0.2) is 21.2 Å². The van der Waals surface area contributed by atoms with E-state index in [9.17, 15) is 9.18 Å². The van der Waals surface area contributed by atoms with Gasteiger partial charge in [0.15, 0.2) is 5.75 Å². The maximum absolute atomic E-state index is 12.3. The average molecular weight is 157 g/mol. The third-order valence-corrected chi connectivity index (χ3v) is 1.11. The van der Waals surface area contributed by atoms with Gasteiger partial charge in [0.05, 0.1) is 0 Å². The molecule has 0 atom stereocenters. The molecule has 0 bridgehead atoms. The first-order chi connectivity index (χ1) is 5.13. The summed E-state index contributed by atoms with van der Waals surface area (Å²) in [5.74, 6) is -3.49. The predicted octanol–water partition coefficient (Wildman–Crippen LogP) is 0.624. The molecule has 0 aliphatic heterocycles. The zero-order valence-electron chi connectivity index (χ0n) is 5.28. The number of carbonyl (C=O) groups is 1. The molecule has 0 spiro atoms. The van der Waals surface area contributed by atoms with E-state index in [1.807, 2.05) is 0 Å². The van der Waals surface area contributed by atoms with Crippen molar-refractivity contribution in [3.8, 4) is 5.75 Å². The lowest BCUT2D eigenvalue weighted by Crippen LogP contribution is -1.98. The van der Waals surface area contributed by atoms with Crippen molar-refractivity contribution in [2.75, 3.05) is 0 Å². The maximum atomic E-state index is 12.3. The Bertz CT molecular complexity index is 300. The fraction of sp³-hybridized carbons (Fsp3) is 0. The lowest BCUT2D eigenvalue weighted by atomic mass is 10.2. The van der Waals surface area contributed by atoms with Gasteiger partial charge in [0, 0.05) is 6.20 Å². The minimum absolute atomic E-state index is 0.488. The van der Waals surface area contributed by atoms with Gasteiger partial charge in [-0.15, -0.1) is 0 Å². The number of halogens is 1. The molecule has 0 amide bonds. The number of nitrogens with zero attached hydrogens (tertiary/aromatic N) is 1. The molecule has 0 fully saturated rings. The van der Waals surface area contributed by atoms with E-state index in [1.54, 1.807) is 0 Å². The first-order valence-electron chi connectivity index (χ1n) is 2.69. The largest absolute Gasteiger partial charge is 0.503 e. The number of carboxylic acids is 1. The van der Waals surface area contributed by atoms with Crippen LogP contribution in [0, 0.1) is 5.95 Å². The minimum Gasteiger partial charge on any atom is -0.503 e. The van der Waals surface area contributed by atoms with E-state index in [2.05, 4.69) is 4.98 Å². The second kappa shape index (κ2) is 2.53. The molecule has 0 unspecified atom stereocenters. The van der Waals surface area contributed by atoms with Crippen molar-refractivity contribution in [3.63, 3.8) is 0 Å². The smallest absolute Gasteiger partial charge is 0.339 e. The number of aromatic carboxylic acids is 1. The number of pyridine rings is 1. The lowest BCUT2D eigenvalue weighted by Gasteiger charge is -1.96. The third-order valence-electron chi connectivity index (χ3n) is 1.11. The van der Waals surface area contributed by atoms with Crippen LogP contribution in [-0.2, 0) is 0 Å². The minimum atomic E-state index is -1.39. The Morgan fingerprint density at radius 1 is 1.64 bits per heavy atom. The van der Waals surface area contributed by atoms with Crippen LogP contribution in [0.5, 0.6) is 5.75 Å². The van der Waals surface area contributed by atoms with Gasteiger partial charge in [-0.05, 0) is 6.07 Å². The number of carboxylic acid groups (broad SMARTS) is 1. The van der Waals surface area contributed by atoms with Crippen molar-refractivity contribution in [2.45, 2.75) is 0 Å². The van der Waals surface area contributed by atoms with Gasteiger partial charge >= 0.3 is 5.97 Å². The standard InChI is InChI=1S/C6H4FNO3/c7-5-4(9)3(6(10)11)1-2-8-5/h1-2,9H,(H,10,11). The first-order valence-corrected chi connectivity index (χ1v) is 2.69. The summed E-state index contributed by atoms with van der Waals surface area (Å²) in [7, 11) is 0. The van der Waals surface area contributed by atoms with Gasteiger partial charge in [0.1, 0.15) is 5.56 Å². The third kappa shape index (κ3) is 1.26. The van der Waals surface area contributed by atoms with E-state index in [0.29, 0.717) is 0 Å². The lowest BCUT2D eigenvalue weighted by molar-refractivity contribution is 0.0692. The summed E-state index contributed by atoms with van der Waals surface area (Å²) in [6.07, 6.45) is 0.971. The normalized spacial score (nSPS) is 9.55. The van der Waals surface area contributed by atoms with Crippen molar-refractivity contribution >= 4 is 5.97 Å². The summed E-state index contributed by atoms with van der Waals surface area (Å²) in [5, 5.41) is 17.1. The zero-order valence-corrected chi connectivity index (χ0v) is 5.28. The quantitative estimate of drug-likeness (QED) is 0.586. The summed E-state index contributed by atoms with van der Waals surface area (Å²) in [6.45, 7) is 0. The van der Waals surface area contributed by atoms with E-state index < -0.39 is 23.2 Å². The van der Waals surface area contributed by atoms with E-state index in [4.69, 9.17) is 10.2 Å². The number of aromatic hydroxyl groups is 1. The molecule has 0 saturated heterocycles. The van der Waals surface area contributed by atoms with E-state index in [0.717, 1.165) is 12.3 Å². The molecule has 0 saturated carbocycles. The molecule has 4 nitrogen and oxygen atoms in total. The van der Waals surface area contributed by atoms with Crippen molar-refractivity contribution in [3.05, 3.63) is 23.8 Å². The van der Waals surface area contributed by atoms with E-state index in [1.165, 1.54) is 0 Å². The van der Waals surface area contributed by atoms with Crippen molar-refractivity contribution in [1.82, 2.24) is 4.98 Å². The summed E-state index contributed by atoms with van der Waals surface area (Å²) < 4.78 is 12.3. The highest BCUT2D eigenvalue weighted by atomic mass is 19.1. The molecule has 11 heavy (non-hydrogen) atoms. The molecule has 1 aromatic heterocycles. The summed E-state index contributed by atoms with van der Waals surface area (Å²) >= 11 is 0. The van der Waals surface area contributed by atoms with Gasteiger partial charge in [0.25, 0.3) is 5.95 Å². The molecule has 58 valence electrons. The van der Waals surface area contributed by atoms with Gasteiger partial charge in [-0.25, -0.2) is 9.78 Å². The maximum Gasteiger partial charge on any atom is 0.339 e. The van der Waals surface area contributed by atoms with Crippen LogP contribution in [0.4, 0.5) is 4.39 Å². The first kappa shape index (κ1) is 7.46. The van der Waals surface area contributed by atoms with Crippen LogP contribution < -0.4 is 0 Å². The highest BCUT2D eigenvalue weighted by Crippen LogP contribution is 2.17. The SMILES string of the molecule is O=C(O)c1ccnc(F)c1O. The average Bonchev–Trinajstić information content (AvgIpc) is 1.94. The van der Waals surface area contributed by atoms with Gasteiger partial charge in [-0.1, -0.05) is 0 Å². The van der Waals surface area contributed by atoms with Crippen LogP contribution >= 0.6 is 0 Å². The van der Waals surface area contributed by atoms with Crippen molar-refractivity contribution < 1.29 is 19.4 Å². The Labute approximate surface area is 60.9 Å². The molecule has 5 heteroatoms. The monoisotopic (exact) mass is 157 g/mol. The van der Waals surface area contributed by atoms with E-state index >= 15 is 0 Å². The van der Waals surface area contributed by atoms with Gasteiger partial charge < -0.3 is 10.2 Å². The highest BCUT2D eigenvalue weighted by Gasteiger charge is 2.12. The summed E-state index contributed by atoms with van der Waals surface area (Å²) in [5.41, 5.74) is -0.488. The second-order valence-electron chi connectivity index (χ2n) is 1.80. The Hall–Kier alpha value is -1.65. The predicted molar refractivity (Wildman–Crippen MR) is 32.8 cm³/mol. The highest BCUT2D eigenvalue weighted by molar-refractivity contribution is 5.90. The van der Waals surface area contributed by atoms with Crippen molar-refractivity contribution in [2.24, 2.45) is 0 Å². The fourth-order valence-electron chi connectivity index (χ4n) is 0.601. The van der Waals surface area contributed by atoms with E-state index in [-0.39, 0.29) is 0 Å². The molecule has 2 N–H and O–H groups in total. The van der Waals surface area contributed by atoms with Gasteiger partial charge in [-0.3, -0.25) is 0 Å². The Balaban J connectivity index is 3.27. The fourth-order valence-corrected chi connectivity index (χ4v) is 0.601. The molecule has 1 heterocycles. The molecule has 0 aliphatic carbocycles. The topological polar surface area (TPSA) is 70.4 Å². The number of rotatable bonds is 1. The Morgan fingerprint density at radius 2 is 2.27 bits per heavy atom. The summed E-state index contributed by atoms with van der Waals surface area (Å²) in [6, 6.07) is 1.01.